The Hall–Kier alpha value is -0.630. The van der Waals surface area contributed by atoms with Crippen molar-refractivity contribution >= 4 is 5.78 Å². The minimum atomic E-state index is -0.155. The van der Waals surface area contributed by atoms with E-state index in [9.17, 15) is 4.79 Å². The van der Waals surface area contributed by atoms with Crippen molar-refractivity contribution in [1.29, 1.82) is 0 Å². The second-order valence-corrected chi connectivity index (χ2v) is 10.6. The summed E-state index contributed by atoms with van der Waals surface area (Å²) in [4.78, 5) is 14.1. The van der Waals surface area contributed by atoms with Crippen LogP contribution in [0.25, 0.3) is 0 Å². The van der Waals surface area contributed by atoms with E-state index in [1.165, 1.54) is 43.3 Å². The number of allylic oxidation sites excluding steroid dienone is 2. The standard InChI is InChI=1S/C24H38O2/c1-7-8-17-12-20-18(13-26-20)19-11-16-10-9-14(2)21(23(16,4)5)15(3)22(25)24(17,19)6/h15-20H,7-13H2,1-6H3. The van der Waals surface area contributed by atoms with Crippen molar-refractivity contribution in [2.24, 2.45) is 40.4 Å². The highest BCUT2D eigenvalue weighted by atomic mass is 16.5. The van der Waals surface area contributed by atoms with Crippen molar-refractivity contribution in [3.8, 4) is 0 Å². The largest absolute Gasteiger partial charge is 0.377 e. The maximum atomic E-state index is 14.1. The van der Waals surface area contributed by atoms with Gasteiger partial charge in [0.05, 0.1) is 12.7 Å². The number of carbonyl (C=O) groups is 1. The normalized spacial score (nSPS) is 47.4. The van der Waals surface area contributed by atoms with E-state index >= 15 is 0 Å². The SMILES string of the molecule is CCCC1CC2OCC2C2CC3CCC(C)=C(C(C)C(=O)C12C)C3(C)C. The Morgan fingerprint density at radius 3 is 2.54 bits per heavy atom. The smallest absolute Gasteiger partial charge is 0.146 e. The summed E-state index contributed by atoms with van der Waals surface area (Å²) in [6.45, 7) is 14.9. The van der Waals surface area contributed by atoms with Gasteiger partial charge < -0.3 is 4.74 Å². The number of rotatable bonds is 2. The third kappa shape index (κ3) is 2.36. The molecule has 0 aromatic carbocycles. The number of Topliss-reactive ketones (excluding diaryl/α,β-unsaturated/α-hetero) is 1. The lowest BCUT2D eigenvalue weighted by molar-refractivity contribution is -0.217. The summed E-state index contributed by atoms with van der Waals surface area (Å²) in [5.41, 5.74) is 3.00. The lowest BCUT2D eigenvalue weighted by Crippen LogP contribution is -2.62. The molecule has 2 heteroatoms. The van der Waals surface area contributed by atoms with Crippen LogP contribution in [0.5, 0.6) is 0 Å². The first kappa shape index (κ1) is 18.7. The molecule has 0 amide bonds. The fourth-order valence-electron chi connectivity index (χ4n) is 7.70. The molecule has 0 N–H and O–H groups in total. The summed E-state index contributed by atoms with van der Waals surface area (Å²) in [5, 5.41) is 0. The molecule has 0 aromatic heterocycles. The summed E-state index contributed by atoms with van der Waals surface area (Å²) in [7, 11) is 0. The second-order valence-electron chi connectivity index (χ2n) is 10.6. The maximum absolute atomic E-state index is 14.1. The number of fused-ring (bicyclic) bond motifs is 5. The molecule has 7 atom stereocenters. The van der Waals surface area contributed by atoms with Gasteiger partial charge in [-0.05, 0) is 62.2 Å². The molecule has 0 radical (unpaired) electrons. The van der Waals surface area contributed by atoms with Crippen molar-refractivity contribution in [3.05, 3.63) is 11.1 Å². The van der Waals surface area contributed by atoms with Crippen LogP contribution in [0.2, 0.25) is 0 Å². The van der Waals surface area contributed by atoms with Gasteiger partial charge in [0.25, 0.3) is 0 Å². The molecular weight excluding hydrogens is 320 g/mol. The van der Waals surface area contributed by atoms with Crippen LogP contribution in [-0.2, 0) is 9.53 Å². The van der Waals surface area contributed by atoms with Gasteiger partial charge in [-0.1, -0.05) is 52.2 Å². The highest BCUT2D eigenvalue weighted by Crippen LogP contribution is 2.62. The zero-order chi connectivity index (χ0) is 18.9. The third-order valence-electron chi connectivity index (χ3n) is 9.21. The molecule has 0 spiro atoms. The van der Waals surface area contributed by atoms with E-state index in [0.29, 0.717) is 35.6 Å². The zero-order valence-corrected chi connectivity index (χ0v) is 17.7. The highest BCUT2D eigenvalue weighted by molar-refractivity contribution is 5.90. The van der Waals surface area contributed by atoms with E-state index in [0.717, 1.165) is 13.0 Å². The van der Waals surface area contributed by atoms with E-state index in [4.69, 9.17) is 4.74 Å². The van der Waals surface area contributed by atoms with Gasteiger partial charge in [0, 0.05) is 17.3 Å². The van der Waals surface area contributed by atoms with Crippen molar-refractivity contribution in [2.45, 2.75) is 86.2 Å². The Labute approximate surface area is 160 Å². The molecule has 3 fully saturated rings. The van der Waals surface area contributed by atoms with E-state index in [-0.39, 0.29) is 16.7 Å². The Morgan fingerprint density at radius 1 is 1.19 bits per heavy atom. The van der Waals surface area contributed by atoms with Gasteiger partial charge in [-0.15, -0.1) is 0 Å². The average molecular weight is 359 g/mol. The monoisotopic (exact) mass is 358 g/mol. The van der Waals surface area contributed by atoms with Gasteiger partial charge in [0.1, 0.15) is 5.78 Å². The van der Waals surface area contributed by atoms with E-state index in [2.05, 4.69) is 41.5 Å². The van der Waals surface area contributed by atoms with Crippen LogP contribution in [0.15, 0.2) is 11.1 Å². The molecule has 4 aliphatic rings. The molecule has 3 aliphatic carbocycles. The Kier molecular flexibility index (Phi) is 4.46. The Morgan fingerprint density at radius 2 is 1.92 bits per heavy atom. The van der Waals surface area contributed by atoms with Gasteiger partial charge in [-0.2, -0.15) is 0 Å². The molecule has 0 aromatic rings. The first-order valence-electron chi connectivity index (χ1n) is 11.1. The number of carbonyl (C=O) groups excluding carboxylic acids is 1. The van der Waals surface area contributed by atoms with E-state index in [1.54, 1.807) is 0 Å². The van der Waals surface area contributed by atoms with Crippen molar-refractivity contribution in [1.82, 2.24) is 0 Å². The van der Waals surface area contributed by atoms with Crippen molar-refractivity contribution < 1.29 is 9.53 Å². The molecular formula is C24H38O2. The van der Waals surface area contributed by atoms with Crippen LogP contribution in [0.3, 0.4) is 0 Å². The molecule has 2 bridgehead atoms. The fraction of sp³-hybridized carbons (Fsp3) is 0.875. The summed E-state index contributed by atoms with van der Waals surface area (Å²) in [6.07, 6.45) is 7.59. The van der Waals surface area contributed by atoms with Crippen molar-refractivity contribution in [3.63, 3.8) is 0 Å². The predicted octanol–water partition coefficient (Wildman–Crippen LogP) is 5.81. The van der Waals surface area contributed by atoms with Gasteiger partial charge >= 0.3 is 0 Å². The number of hydrogen-bond acceptors (Lipinski definition) is 2. The van der Waals surface area contributed by atoms with E-state index in [1.807, 2.05) is 0 Å². The van der Waals surface area contributed by atoms with Gasteiger partial charge in [0.15, 0.2) is 0 Å². The molecule has 7 unspecified atom stereocenters. The van der Waals surface area contributed by atoms with Crippen LogP contribution >= 0.6 is 0 Å². The van der Waals surface area contributed by atoms with Gasteiger partial charge in [-0.3, -0.25) is 4.79 Å². The lowest BCUT2D eigenvalue weighted by atomic mass is 9.45. The summed E-state index contributed by atoms with van der Waals surface area (Å²) >= 11 is 0. The molecule has 4 rings (SSSR count). The average Bonchev–Trinajstić information content (AvgIpc) is 2.55. The predicted molar refractivity (Wildman–Crippen MR) is 106 cm³/mol. The number of hydrogen-bond donors (Lipinski definition) is 0. The number of ether oxygens (including phenoxy) is 1. The molecule has 2 saturated carbocycles. The molecule has 1 heterocycles. The number of ketones is 1. The molecule has 146 valence electrons. The van der Waals surface area contributed by atoms with Gasteiger partial charge in [0.2, 0.25) is 0 Å². The summed E-state index contributed by atoms with van der Waals surface area (Å²) in [6, 6.07) is 0. The van der Waals surface area contributed by atoms with Crippen LogP contribution < -0.4 is 0 Å². The minimum absolute atomic E-state index is 0.0810. The van der Waals surface area contributed by atoms with E-state index < -0.39 is 0 Å². The van der Waals surface area contributed by atoms with Gasteiger partial charge in [-0.25, -0.2) is 0 Å². The Bertz CT molecular complexity index is 630. The summed E-state index contributed by atoms with van der Waals surface area (Å²) < 4.78 is 5.99. The molecule has 2 nitrogen and oxygen atoms in total. The zero-order valence-electron chi connectivity index (χ0n) is 17.7. The topological polar surface area (TPSA) is 26.3 Å². The van der Waals surface area contributed by atoms with Crippen LogP contribution in [-0.4, -0.2) is 18.5 Å². The lowest BCUT2D eigenvalue weighted by Gasteiger charge is -2.61. The second kappa shape index (κ2) is 6.19. The highest BCUT2D eigenvalue weighted by Gasteiger charge is 2.62. The molecule has 1 saturated heterocycles. The summed E-state index contributed by atoms with van der Waals surface area (Å²) in [5.74, 6) is 2.98. The Balaban J connectivity index is 1.84. The quantitative estimate of drug-likeness (QED) is 0.583. The molecule has 26 heavy (non-hydrogen) atoms. The van der Waals surface area contributed by atoms with Crippen LogP contribution in [0.4, 0.5) is 0 Å². The first-order chi connectivity index (χ1) is 12.2. The van der Waals surface area contributed by atoms with Crippen LogP contribution in [0.1, 0.15) is 80.1 Å². The maximum Gasteiger partial charge on any atom is 0.146 e. The minimum Gasteiger partial charge on any atom is -0.377 e. The van der Waals surface area contributed by atoms with Crippen molar-refractivity contribution in [2.75, 3.05) is 6.61 Å². The molecule has 1 aliphatic heterocycles. The fourth-order valence-corrected chi connectivity index (χ4v) is 7.70. The third-order valence-corrected chi connectivity index (χ3v) is 9.21. The first-order valence-corrected chi connectivity index (χ1v) is 11.1. The van der Waals surface area contributed by atoms with Crippen LogP contribution in [0, 0.1) is 40.4 Å².